The third-order valence-electron chi connectivity index (χ3n) is 4.00. The van der Waals surface area contributed by atoms with Crippen molar-refractivity contribution in [1.29, 1.82) is 0 Å². The molecule has 0 aromatic rings. The van der Waals surface area contributed by atoms with Crippen molar-refractivity contribution in [3.8, 4) is 0 Å². The van der Waals surface area contributed by atoms with E-state index >= 15 is 0 Å². The highest BCUT2D eigenvalue weighted by Crippen LogP contribution is 2.22. The van der Waals surface area contributed by atoms with Crippen molar-refractivity contribution in [3.05, 3.63) is 12.7 Å². The molecule has 0 aromatic heterocycles. The van der Waals surface area contributed by atoms with Gasteiger partial charge in [0, 0.05) is 31.3 Å². The Bertz CT molecular complexity index is 436. The molecule has 4 N–H and O–H groups in total. The zero-order valence-electron chi connectivity index (χ0n) is 23.2. The number of allylic oxidation sites excluding steroid dienone is 1. The molecule has 0 unspecified atom stereocenters. The predicted molar refractivity (Wildman–Crippen MR) is 141 cm³/mol. The molecule has 0 fully saturated rings. The SMILES string of the molecule is C=CC.CC.CC.CCC(=O)NCCCCCNC(=O)CC(C)(C)COCC(C)(C)CN. The van der Waals surface area contributed by atoms with Gasteiger partial charge in [0.25, 0.3) is 0 Å². The molecule has 0 saturated heterocycles. The van der Waals surface area contributed by atoms with Gasteiger partial charge in [-0.05, 0) is 38.1 Å². The molecule has 32 heavy (non-hydrogen) atoms. The van der Waals surface area contributed by atoms with E-state index in [0.717, 1.165) is 19.3 Å². The van der Waals surface area contributed by atoms with Crippen LogP contribution in [-0.4, -0.2) is 44.7 Å². The predicted octanol–water partition coefficient (Wildman–Crippen LogP) is 5.46. The van der Waals surface area contributed by atoms with Gasteiger partial charge in [-0.25, -0.2) is 0 Å². The van der Waals surface area contributed by atoms with Crippen molar-refractivity contribution >= 4 is 11.8 Å². The zero-order valence-corrected chi connectivity index (χ0v) is 23.2. The molecular formula is C26H57N3O3. The summed E-state index contributed by atoms with van der Waals surface area (Å²) in [6.07, 6.45) is 5.58. The molecule has 0 atom stereocenters. The van der Waals surface area contributed by atoms with Crippen molar-refractivity contribution in [2.75, 3.05) is 32.8 Å². The van der Waals surface area contributed by atoms with Crippen LogP contribution in [0.25, 0.3) is 0 Å². The molecule has 0 saturated carbocycles. The van der Waals surface area contributed by atoms with Gasteiger partial charge < -0.3 is 21.1 Å². The number of hydrogen-bond donors (Lipinski definition) is 3. The van der Waals surface area contributed by atoms with E-state index in [-0.39, 0.29) is 22.6 Å². The number of ether oxygens (including phenoxy) is 1. The van der Waals surface area contributed by atoms with E-state index in [1.807, 2.05) is 55.4 Å². The fraction of sp³-hybridized carbons (Fsp3) is 0.846. The van der Waals surface area contributed by atoms with Crippen LogP contribution in [0.4, 0.5) is 0 Å². The number of carbonyl (C=O) groups excluding carboxylic acids is 2. The molecule has 194 valence electrons. The van der Waals surface area contributed by atoms with Crippen LogP contribution in [0.5, 0.6) is 0 Å². The Kier molecular flexibility index (Phi) is 30.6. The topological polar surface area (TPSA) is 93.5 Å². The Labute approximate surface area is 200 Å². The van der Waals surface area contributed by atoms with E-state index in [2.05, 4.69) is 31.1 Å². The van der Waals surface area contributed by atoms with Gasteiger partial charge in [0.15, 0.2) is 0 Å². The van der Waals surface area contributed by atoms with Crippen LogP contribution in [-0.2, 0) is 14.3 Å². The van der Waals surface area contributed by atoms with Gasteiger partial charge in [-0.2, -0.15) is 0 Å². The van der Waals surface area contributed by atoms with Crippen LogP contribution in [0.15, 0.2) is 12.7 Å². The highest BCUT2D eigenvalue weighted by Gasteiger charge is 2.24. The number of unbranched alkanes of at least 4 members (excludes halogenated alkanes) is 2. The van der Waals surface area contributed by atoms with Gasteiger partial charge in [-0.3, -0.25) is 9.59 Å². The quantitative estimate of drug-likeness (QED) is 0.237. The van der Waals surface area contributed by atoms with Gasteiger partial charge in [0.05, 0.1) is 13.2 Å². The molecule has 0 aromatic carbocycles. The third kappa shape index (κ3) is 30.8. The smallest absolute Gasteiger partial charge is 0.220 e. The summed E-state index contributed by atoms with van der Waals surface area (Å²) in [6, 6.07) is 0. The minimum atomic E-state index is -0.195. The zero-order chi connectivity index (χ0) is 26.1. The lowest BCUT2D eigenvalue weighted by molar-refractivity contribution is -0.124. The van der Waals surface area contributed by atoms with Crippen LogP contribution < -0.4 is 16.4 Å². The number of nitrogens with two attached hydrogens (primary N) is 1. The average molecular weight is 460 g/mol. The summed E-state index contributed by atoms with van der Waals surface area (Å²) in [5, 5.41) is 5.81. The first-order chi connectivity index (χ1) is 15.0. The van der Waals surface area contributed by atoms with Gasteiger partial charge in [-0.15, -0.1) is 6.58 Å². The van der Waals surface area contributed by atoms with Gasteiger partial charge in [0.1, 0.15) is 0 Å². The van der Waals surface area contributed by atoms with Crippen molar-refractivity contribution in [2.24, 2.45) is 16.6 Å². The van der Waals surface area contributed by atoms with E-state index in [1.54, 1.807) is 6.08 Å². The Morgan fingerprint density at radius 3 is 1.69 bits per heavy atom. The largest absolute Gasteiger partial charge is 0.380 e. The van der Waals surface area contributed by atoms with Crippen LogP contribution in [0.2, 0.25) is 0 Å². The molecule has 0 rings (SSSR count). The number of amides is 2. The van der Waals surface area contributed by atoms with E-state index in [0.29, 0.717) is 45.7 Å². The van der Waals surface area contributed by atoms with E-state index < -0.39 is 0 Å². The first-order valence-corrected chi connectivity index (χ1v) is 12.4. The van der Waals surface area contributed by atoms with Crippen molar-refractivity contribution in [3.63, 3.8) is 0 Å². The summed E-state index contributed by atoms with van der Waals surface area (Å²) in [5.74, 6) is 0.151. The lowest BCUT2D eigenvalue weighted by Crippen LogP contribution is -2.34. The van der Waals surface area contributed by atoms with Crippen molar-refractivity contribution in [1.82, 2.24) is 10.6 Å². The fourth-order valence-corrected chi connectivity index (χ4v) is 2.22. The molecule has 6 nitrogen and oxygen atoms in total. The van der Waals surface area contributed by atoms with Crippen molar-refractivity contribution < 1.29 is 14.3 Å². The number of nitrogens with one attached hydrogen (secondary N) is 2. The van der Waals surface area contributed by atoms with Crippen LogP contribution in [0.3, 0.4) is 0 Å². The second-order valence-corrected chi connectivity index (χ2v) is 8.72. The van der Waals surface area contributed by atoms with Crippen LogP contribution >= 0.6 is 0 Å². The summed E-state index contributed by atoms with van der Waals surface area (Å²) < 4.78 is 5.76. The van der Waals surface area contributed by atoms with E-state index in [9.17, 15) is 9.59 Å². The molecule has 0 radical (unpaired) electrons. The second-order valence-electron chi connectivity index (χ2n) is 8.72. The molecule has 0 aliphatic rings. The number of hydrogen-bond acceptors (Lipinski definition) is 4. The van der Waals surface area contributed by atoms with Crippen LogP contribution in [0.1, 0.15) is 101 Å². The Morgan fingerprint density at radius 2 is 1.28 bits per heavy atom. The lowest BCUT2D eigenvalue weighted by atomic mass is 9.89. The summed E-state index contributed by atoms with van der Waals surface area (Å²) in [7, 11) is 0. The third-order valence-corrected chi connectivity index (χ3v) is 4.00. The Hall–Kier alpha value is -1.40. The number of rotatable bonds is 14. The number of carbonyl (C=O) groups is 2. The molecular weight excluding hydrogens is 402 g/mol. The van der Waals surface area contributed by atoms with Gasteiger partial charge in [0.2, 0.25) is 11.8 Å². The molecule has 6 heteroatoms. The molecule has 0 spiro atoms. The van der Waals surface area contributed by atoms with Gasteiger partial charge >= 0.3 is 0 Å². The molecule has 0 bridgehead atoms. The second kappa shape index (κ2) is 25.9. The fourth-order valence-electron chi connectivity index (χ4n) is 2.22. The summed E-state index contributed by atoms with van der Waals surface area (Å²) in [6.45, 7) is 26.4. The first kappa shape index (κ1) is 37.9. The molecule has 0 aliphatic heterocycles. The minimum Gasteiger partial charge on any atom is -0.380 e. The van der Waals surface area contributed by atoms with E-state index in [4.69, 9.17) is 10.5 Å². The highest BCUT2D eigenvalue weighted by atomic mass is 16.5. The molecule has 0 heterocycles. The molecule has 2 amide bonds. The van der Waals surface area contributed by atoms with E-state index in [1.165, 1.54) is 0 Å². The average Bonchev–Trinajstić information content (AvgIpc) is 2.75. The maximum absolute atomic E-state index is 12.0. The maximum atomic E-state index is 12.0. The van der Waals surface area contributed by atoms with Crippen molar-refractivity contribution in [2.45, 2.75) is 101 Å². The normalized spacial score (nSPS) is 10.2. The highest BCUT2D eigenvalue weighted by molar-refractivity contribution is 5.76. The maximum Gasteiger partial charge on any atom is 0.220 e. The minimum absolute atomic E-state index is 0.0328. The van der Waals surface area contributed by atoms with Crippen LogP contribution in [0, 0.1) is 10.8 Å². The summed E-state index contributed by atoms with van der Waals surface area (Å²) in [4.78, 5) is 23.1. The lowest BCUT2D eigenvalue weighted by Gasteiger charge is -2.28. The first-order valence-electron chi connectivity index (χ1n) is 12.4. The monoisotopic (exact) mass is 459 g/mol. The Morgan fingerprint density at radius 1 is 0.875 bits per heavy atom. The molecule has 0 aliphatic carbocycles. The summed E-state index contributed by atoms with van der Waals surface area (Å²) in [5.41, 5.74) is 5.46. The summed E-state index contributed by atoms with van der Waals surface area (Å²) >= 11 is 0. The standard InChI is InChI=1S/C19H39N3O3.C3H6.2C2H6/c1-6-16(23)21-10-8-7-9-11-22-17(24)12-18(2,3)14-25-15-19(4,5)13-20;1-3-2;2*1-2/h6-15,20H2,1-5H3,(H,21,23)(H,22,24);3H,1H2,2H3;2*1-2H3. The van der Waals surface area contributed by atoms with Gasteiger partial charge in [-0.1, -0.05) is 68.4 Å². The Balaban J connectivity index is -0.000000499.